The van der Waals surface area contributed by atoms with Crippen LogP contribution in [-0.4, -0.2) is 58.6 Å². The quantitative estimate of drug-likeness (QED) is 0.687. The van der Waals surface area contributed by atoms with Crippen LogP contribution >= 0.6 is 0 Å². The van der Waals surface area contributed by atoms with E-state index in [1.807, 2.05) is 24.3 Å². The fraction of sp³-hybridized carbons (Fsp3) is 0.667. The van der Waals surface area contributed by atoms with E-state index in [0.29, 0.717) is 23.9 Å². The van der Waals surface area contributed by atoms with Crippen LogP contribution in [0.3, 0.4) is 0 Å². The minimum absolute atomic E-state index is 0.424. The molecular weight excluding hydrogens is 422 g/mol. The van der Waals surface area contributed by atoms with E-state index < -0.39 is 10.0 Å². The Kier molecular flexibility index (Phi) is 6.62. The van der Waals surface area contributed by atoms with E-state index in [9.17, 15) is 8.42 Å². The Bertz CT molecular complexity index is 1000. The Balaban J connectivity index is 1.19. The average molecular weight is 458 g/mol. The second kappa shape index (κ2) is 9.61. The average Bonchev–Trinajstić information content (AvgIpc) is 3.05. The summed E-state index contributed by atoms with van der Waals surface area (Å²) >= 11 is 0. The summed E-state index contributed by atoms with van der Waals surface area (Å²) in [5.74, 6) is 2.73. The van der Waals surface area contributed by atoms with Crippen molar-refractivity contribution in [3.63, 3.8) is 0 Å². The summed E-state index contributed by atoms with van der Waals surface area (Å²) in [7, 11) is -3.44. The Hall–Kier alpha value is -1.77. The first-order valence-electron chi connectivity index (χ1n) is 12.3. The first-order chi connectivity index (χ1) is 15.6. The van der Waals surface area contributed by atoms with Crippen molar-refractivity contribution in [2.45, 2.75) is 81.7 Å². The number of rotatable bonds is 5. The van der Waals surface area contributed by atoms with Crippen LogP contribution in [0.15, 0.2) is 29.2 Å². The summed E-state index contributed by atoms with van der Waals surface area (Å²) in [4.78, 5) is 2.73. The van der Waals surface area contributed by atoms with Crippen molar-refractivity contribution in [1.82, 2.24) is 24.0 Å². The predicted molar refractivity (Wildman–Crippen MR) is 124 cm³/mol. The van der Waals surface area contributed by atoms with E-state index in [4.69, 9.17) is 0 Å². The van der Waals surface area contributed by atoms with Gasteiger partial charge in [0.25, 0.3) is 0 Å². The van der Waals surface area contributed by atoms with Gasteiger partial charge in [0.05, 0.1) is 11.4 Å². The Morgan fingerprint density at radius 2 is 1.53 bits per heavy atom. The number of hydrogen-bond acceptors (Lipinski definition) is 5. The summed E-state index contributed by atoms with van der Waals surface area (Å²) in [5, 5.41) is 8.83. The topological polar surface area (TPSA) is 71.3 Å². The second-order valence-electron chi connectivity index (χ2n) is 9.58. The number of fused-ring (bicyclic) bond motifs is 1. The van der Waals surface area contributed by atoms with Crippen molar-refractivity contribution in [3.05, 3.63) is 41.5 Å². The summed E-state index contributed by atoms with van der Waals surface area (Å²) in [6.45, 7) is 4.24. The molecule has 174 valence electrons. The van der Waals surface area contributed by atoms with E-state index >= 15 is 0 Å². The first kappa shape index (κ1) is 22.0. The van der Waals surface area contributed by atoms with Crippen LogP contribution in [0.25, 0.3) is 0 Å². The van der Waals surface area contributed by atoms with Gasteiger partial charge < -0.3 is 4.57 Å². The van der Waals surface area contributed by atoms with Crippen molar-refractivity contribution < 1.29 is 8.42 Å². The van der Waals surface area contributed by atoms with Crippen LogP contribution in [0.2, 0.25) is 0 Å². The molecule has 2 fully saturated rings. The molecule has 3 heterocycles. The number of aryl methyl sites for hydroxylation is 1. The molecule has 0 unspecified atom stereocenters. The van der Waals surface area contributed by atoms with Gasteiger partial charge in [-0.1, -0.05) is 37.8 Å². The normalized spacial score (nSPS) is 21.9. The maximum Gasteiger partial charge on any atom is 0.243 e. The largest absolute Gasteiger partial charge is 0.314 e. The van der Waals surface area contributed by atoms with Gasteiger partial charge in [-0.3, -0.25) is 4.90 Å². The van der Waals surface area contributed by atoms with Crippen LogP contribution in [-0.2, 0) is 29.5 Å². The van der Waals surface area contributed by atoms with Crippen LogP contribution in [0.5, 0.6) is 0 Å². The molecule has 0 amide bonds. The molecule has 0 atom stereocenters. The maximum absolute atomic E-state index is 13.2. The molecule has 1 aromatic carbocycles. The van der Waals surface area contributed by atoms with Gasteiger partial charge in [-0.25, -0.2) is 8.42 Å². The predicted octanol–water partition coefficient (Wildman–Crippen LogP) is 3.56. The highest BCUT2D eigenvalue weighted by molar-refractivity contribution is 7.89. The molecule has 0 N–H and O–H groups in total. The number of hydrogen-bond donors (Lipinski definition) is 0. The molecule has 1 aliphatic carbocycles. The molecule has 32 heavy (non-hydrogen) atoms. The smallest absolute Gasteiger partial charge is 0.243 e. The third kappa shape index (κ3) is 4.63. The van der Waals surface area contributed by atoms with Gasteiger partial charge in [-0.15, -0.1) is 10.2 Å². The van der Waals surface area contributed by atoms with Crippen molar-refractivity contribution in [2.75, 3.05) is 26.2 Å². The van der Waals surface area contributed by atoms with Crippen LogP contribution in [0, 0.1) is 0 Å². The summed E-state index contributed by atoms with van der Waals surface area (Å²) in [6, 6.07) is 7.71. The zero-order chi connectivity index (χ0) is 22.0. The zero-order valence-corrected chi connectivity index (χ0v) is 19.8. The molecular formula is C24H35N5O2S. The summed E-state index contributed by atoms with van der Waals surface area (Å²) < 4.78 is 30.3. The third-order valence-electron chi connectivity index (χ3n) is 7.48. The van der Waals surface area contributed by atoms with E-state index in [-0.39, 0.29) is 0 Å². The van der Waals surface area contributed by atoms with Gasteiger partial charge in [0.1, 0.15) is 11.6 Å². The lowest BCUT2D eigenvalue weighted by molar-refractivity contribution is 0.176. The van der Waals surface area contributed by atoms with Crippen molar-refractivity contribution in [1.29, 1.82) is 0 Å². The molecule has 1 saturated carbocycles. The molecule has 2 aliphatic heterocycles. The number of piperazine rings is 1. The number of benzene rings is 1. The monoisotopic (exact) mass is 457 g/mol. The third-order valence-corrected chi connectivity index (χ3v) is 9.39. The molecule has 0 bridgehead atoms. The van der Waals surface area contributed by atoms with Gasteiger partial charge in [-0.05, 0) is 49.3 Å². The van der Waals surface area contributed by atoms with Crippen LogP contribution < -0.4 is 0 Å². The Morgan fingerprint density at radius 1 is 0.812 bits per heavy atom. The molecule has 2 aromatic rings. The van der Waals surface area contributed by atoms with Gasteiger partial charge in [0.2, 0.25) is 10.0 Å². The van der Waals surface area contributed by atoms with Gasteiger partial charge in [0, 0.05) is 39.1 Å². The van der Waals surface area contributed by atoms with Crippen molar-refractivity contribution in [3.8, 4) is 0 Å². The highest BCUT2D eigenvalue weighted by atomic mass is 32.2. The van der Waals surface area contributed by atoms with Crippen molar-refractivity contribution in [2.24, 2.45) is 0 Å². The van der Waals surface area contributed by atoms with Gasteiger partial charge in [0.15, 0.2) is 0 Å². The first-order valence-corrected chi connectivity index (χ1v) is 13.8. The van der Waals surface area contributed by atoms with Crippen LogP contribution in [0.4, 0.5) is 0 Å². The van der Waals surface area contributed by atoms with E-state index in [1.165, 1.54) is 56.9 Å². The van der Waals surface area contributed by atoms with Crippen molar-refractivity contribution >= 4 is 10.0 Å². The summed E-state index contributed by atoms with van der Waals surface area (Å²) in [5.41, 5.74) is 1.29. The number of sulfonamides is 1. The lowest BCUT2D eigenvalue weighted by atomic mass is 9.84. The Morgan fingerprint density at radius 3 is 2.28 bits per heavy atom. The number of nitrogens with zero attached hydrogens (tertiary/aromatic N) is 5. The number of aromatic nitrogens is 3. The SMILES string of the molecule is O=S(=O)(c1ccc(C2CCCCC2)cc1)N1CCN(Cc2nnc3n2CCCCC3)CC1. The molecule has 5 rings (SSSR count). The minimum atomic E-state index is -3.44. The van der Waals surface area contributed by atoms with Gasteiger partial charge in [-0.2, -0.15) is 4.31 Å². The fourth-order valence-electron chi connectivity index (χ4n) is 5.49. The lowest BCUT2D eigenvalue weighted by Crippen LogP contribution is -2.48. The molecule has 0 radical (unpaired) electrons. The van der Waals surface area contributed by atoms with E-state index in [1.54, 1.807) is 4.31 Å². The maximum atomic E-state index is 13.2. The van der Waals surface area contributed by atoms with E-state index in [2.05, 4.69) is 19.7 Å². The van der Waals surface area contributed by atoms with Gasteiger partial charge >= 0.3 is 0 Å². The molecule has 7 nitrogen and oxygen atoms in total. The van der Waals surface area contributed by atoms with Crippen LogP contribution in [0.1, 0.15) is 74.5 Å². The standard InChI is InChI=1S/C24H35N5O2S/c30-32(31,22-12-10-21(11-13-22)20-7-3-1-4-8-20)28-17-15-27(16-18-28)19-24-26-25-23-9-5-2-6-14-29(23)24/h10-13,20H,1-9,14-19H2. The minimum Gasteiger partial charge on any atom is -0.314 e. The highest BCUT2D eigenvalue weighted by Crippen LogP contribution is 2.33. The molecule has 3 aliphatic rings. The zero-order valence-electron chi connectivity index (χ0n) is 19.0. The molecule has 8 heteroatoms. The molecule has 1 saturated heterocycles. The fourth-order valence-corrected chi connectivity index (χ4v) is 6.91. The molecule has 1 aromatic heterocycles. The van der Waals surface area contributed by atoms with E-state index in [0.717, 1.165) is 44.2 Å². The lowest BCUT2D eigenvalue weighted by Gasteiger charge is -2.33. The summed E-state index contributed by atoms with van der Waals surface area (Å²) in [6.07, 6.45) is 11.0. The second-order valence-corrected chi connectivity index (χ2v) is 11.5. The Labute approximate surface area is 191 Å². The molecule has 0 spiro atoms. The highest BCUT2D eigenvalue weighted by Gasteiger charge is 2.29.